The van der Waals surface area contributed by atoms with Gasteiger partial charge in [-0.25, -0.2) is 0 Å². The molecule has 1 heterocycles. The van der Waals surface area contributed by atoms with Crippen LogP contribution in [0.4, 0.5) is 0 Å². The standard InChI is InChI=1S/C10H8N2.C2H6O/c1-7-4-9-3-2-8(6-11)5-10(9)12-7;1-3-2/h2-5,12H,1H3;1-2H3. The minimum atomic E-state index is 0.698. The highest BCUT2D eigenvalue weighted by Gasteiger charge is 1.97. The summed E-state index contributed by atoms with van der Waals surface area (Å²) in [6.45, 7) is 2.01. The van der Waals surface area contributed by atoms with Crippen LogP contribution in [0.1, 0.15) is 11.3 Å². The molecule has 0 bridgehead atoms. The number of hydrogen-bond donors (Lipinski definition) is 1. The molecule has 0 unspecified atom stereocenters. The fourth-order valence-corrected chi connectivity index (χ4v) is 1.34. The van der Waals surface area contributed by atoms with Crippen molar-refractivity contribution in [2.24, 2.45) is 0 Å². The molecule has 3 nitrogen and oxygen atoms in total. The first-order valence-electron chi connectivity index (χ1n) is 4.61. The van der Waals surface area contributed by atoms with E-state index in [-0.39, 0.29) is 0 Å². The molecule has 0 spiro atoms. The number of nitrogens with zero attached hydrogens (tertiary/aromatic N) is 1. The fourth-order valence-electron chi connectivity index (χ4n) is 1.34. The van der Waals surface area contributed by atoms with Crippen LogP contribution in [0.3, 0.4) is 0 Å². The van der Waals surface area contributed by atoms with E-state index in [4.69, 9.17) is 5.26 Å². The zero-order chi connectivity index (χ0) is 11.3. The third kappa shape index (κ3) is 2.83. The number of H-pyrrole nitrogens is 1. The van der Waals surface area contributed by atoms with Crippen molar-refractivity contribution >= 4 is 10.9 Å². The summed E-state index contributed by atoms with van der Waals surface area (Å²) in [6, 6.07) is 9.82. The number of ether oxygens (including phenoxy) is 1. The fraction of sp³-hybridized carbons (Fsp3) is 0.250. The Morgan fingerprint density at radius 3 is 2.53 bits per heavy atom. The zero-order valence-corrected chi connectivity index (χ0v) is 9.16. The van der Waals surface area contributed by atoms with Gasteiger partial charge in [-0.1, -0.05) is 6.07 Å². The smallest absolute Gasteiger partial charge is 0.0992 e. The quantitative estimate of drug-likeness (QED) is 0.713. The van der Waals surface area contributed by atoms with Crippen molar-refractivity contribution < 1.29 is 4.74 Å². The van der Waals surface area contributed by atoms with Crippen LogP contribution in [0.25, 0.3) is 10.9 Å². The number of hydrogen-bond acceptors (Lipinski definition) is 2. The Labute approximate surface area is 89.3 Å². The van der Waals surface area contributed by atoms with Crippen LogP contribution in [0.2, 0.25) is 0 Å². The Morgan fingerprint density at radius 2 is 1.93 bits per heavy atom. The number of rotatable bonds is 0. The number of nitrogens with one attached hydrogen (secondary N) is 1. The van der Waals surface area contributed by atoms with Crippen LogP contribution in [-0.2, 0) is 4.74 Å². The summed E-state index contributed by atoms with van der Waals surface area (Å²) in [6.07, 6.45) is 0. The molecule has 3 heteroatoms. The van der Waals surface area contributed by atoms with Crippen LogP contribution in [0.15, 0.2) is 24.3 Å². The molecule has 78 valence electrons. The maximum Gasteiger partial charge on any atom is 0.0992 e. The van der Waals surface area contributed by atoms with Crippen molar-refractivity contribution in [1.82, 2.24) is 4.98 Å². The SMILES string of the molecule is COC.Cc1cc2ccc(C#N)cc2[nH]1. The molecule has 0 amide bonds. The van der Waals surface area contributed by atoms with Gasteiger partial charge in [0.05, 0.1) is 11.6 Å². The largest absolute Gasteiger partial charge is 0.388 e. The van der Waals surface area contributed by atoms with Gasteiger partial charge in [-0.15, -0.1) is 0 Å². The molecule has 2 rings (SSSR count). The molecule has 1 N–H and O–H groups in total. The van der Waals surface area contributed by atoms with Gasteiger partial charge >= 0.3 is 0 Å². The first-order valence-corrected chi connectivity index (χ1v) is 4.61. The third-order valence-corrected chi connectivity index (χ3v) is 1.89. The average Bonchev–Trinajstić information content (AvgIpc) is 2.57. The average molecular weight is 202 g/mol. The van der Waals surface area contributed by atoms with E-state index in [1.807, 2.05) is 25.1 Å². The van der Waals surface area contributed by atoms with E-state index < -0.39 is 0 Å². The molecule has 0 radical (unpaired) electrons. The van der Waals surface area contributed by atoms with Crippen molar-refractivity contribution in [2.75, 3.05) is 14.2 Å². The van der Waals surface area contributed by atoms with Crippen LogP contribution < -0.4 is 0 Å². The Bertz CT molecular complexity index is 480. The summed E-state index contributed by atoms with van der Waals surface area (Å²) in [5.74, 6) is 0. The normalized spacial score (nSPS) is 9.20. The minimum absolute atomic E-state index is 0.698. The predicted molar refractivity (Wildman–Crippen MR) is 60.7 cm³/mol. The highest BCUT2D eigenvalue weighted by atomic mass is 16.4. The summed E-state index contributed by atoms with van der Waals surface area (Å²) in [7, 11) is 3.25. The van der Waals surface area contributed by atoms with E-state index in [1.165, 1.54) is 0 Å². The molecular formula is C12H14N2O. The molecule has 2 aromatic rings. The van der Waals surface area contributed by atoms with Gasteiger partial charge in [0.2, 0.25) is 0 Å². The van der Waals surface area contributed by atoms with Crippen molar-refractivity contribution in [3.63, 3.8) is 0 Å². The number of fused-ring (bicyclic) bond motifs is 1. The maximum absolute atomic E-state index is 8.64. The van der Waals surface area contributed by atoms with E-state index >= 15 is 0 Å². The van der Waals surface area contributed by atoms with E-state index in [9.17, 15) is 0 Å². The van der Waals surface area contributed by atoms with Crippen LogP contribution >= 0.6 is 0 Å². The second-order valence-electron chi connectivity index (χ2n) is 3.27. The lowest BCUT2D eigenvalue weighted by molar-refractivity contribution is 0.277. The van der Waals surface area contributed by atoms with E-state index in [0.29, 0.717) is 5.56 Å². The number of nitriles is 1. The molecule has 0 fully saturated rings. The molecular weight excluding hydrogens is 188 g/mol. The minimum Gasteiger partial charge on any atom is -0.388 e. The molecule has 0 saturated carbocycles. The zero-order valence-electron chi connectivity index (χ0n) is 9.16. The van der Waals surface area contributed by atoms with Gasteiger partial charge in [0.1, 0.15) is 0 Å². The molecule has 1 aromatic carbocycles. The van der Waals surface area contributed by atoms with Gasteiger partial charge in [0.25, 0.3) is 0 Å². The van der Waals surface area contributed by atoms with Gasteiger partial charge in [0.15, 0.2) is 0 Å². The predicted octanol–water partition coefficient (Wildman–Crippen LogP) is 2.61. The highest BCUT2D eigenvalue weighted by Crippen LogP contribution is 2.15. The topological polar surface area (TPSA) is 48.8 Å². The Morgan fingerprint density at radius 1 is 1.27 bits per heavy atom. The van der Waals surface area contributed by atoms with Crippen molar-refractivity contribution in [2.45, 2.75) is 6.92 Å². The molecule has 0 aliphatic heterocycles. The lowest BCUT2D eigenvalue weighted by Crippen LogP contribution is -1.73. The van der Waals surface area contributed by atoms with Crippen molar-refractivity contribution in [1.29, 1.82) is 5.26 Å². The third-order valence-electron chi connectivity index (χ3n) is 1.89. The highest BCUT2D eigenvalue weighted by molar-refractivity contribution is 5.81. The van der Waals surface area contributed by atoms with E-state index in [0.717, 1.165) is 16.6 Å². The Balaban J connectivity index is 0.000000337. The first kappa shape index (κ1) is 11.3. The van der Waals surface area contributed by atoms with Gasteiger partial charge in [-0.3, -0.25) is 0 Å². The Kier molecular flexibility index (Phi) is 3.90. The summed E-state index contributed by atoms with van der Waals surface area (Å²) in [4.78, 5) is 3.18. The monoisotopic (exact) mass is 202 g/mol. The van der Waals surface area contributed by atoms with Gasteiger partial charge in [0, 0.05) is 25.4 Å². The van der Waals surface area contributed by atoms with E-state index in [1.54, 1.807) is 14.2 Å². The summed E-state index contributed by atoms with van der Waals surface area (Å²) < 4.78 is 4.25. The van der Waals surface area contributed by atoms with Crippen LogP contribution in [-0.4, -0.2) is 19.2 Å². The second-order valence-corrected chi connectivity index (χ2v) is 3.27. The van der Waals surface area contributed by atoms with Crippen molar-refractivity contribution in [3.8, 4) is 6.07 Å². The van der Waals surface area contributed by atoms with Gasteiger partial charge < -0.3 is 9.72 Å². The molecule has 15 heavy (non-hydrogen) atoms. The van der Waals surface area contributed by atoms with Crippen molar-refractivity contribution in [3.05, 3.63) is 35.5 Å². The number of methoxy groups -OCH3 is 1. The van der Waals surface area contributed by atoms with Gasteiger partial charge in [-0.05, 0) is 30.5 Å². The number of aromatic nitrogens is 1. The Hall–Kier alpha value is -1.79. The second kappa shape index (κ2) is 5.18. The molecule has 0 aliphatic rings. The first-order chi connectivity index (χ1) is 7.21. The van der Waals surface area contributed by atoms with Crippen LogP contribution in [0, 0.1) is 18.3 Å². The summed E-state index contributed by atoms with van der Waals surface area (Å²) in [5, 5.41) is 9.80. The number of aromatic amines is 1. The number of aryl methyl sites for hydroxylation is 1. The summed E-state index contributed by atoms with van der Waals surface area (Å²) >= 11 is 0. The molecule has 0 saturated heterocycles. The van der Waals surface area contributed by atoms with Gasteiger partial charge in [-0.2, -0.15) is 5.26 Å². The molecule has 0 aliphatic carbocycles. The summed E-state index contributed by atoms with van der Waals surface area (Å²) in [5.41, 5.74) is 2.86. The van der Waals surface area contributed by atoms with E-state index in [2.05, 4.69) is 21.9 Å². The lowest BCUT2D eigenvalue weighted by Gasteiger charge is -1.88. The molecule has 0 atom stereocenters. The maximum atomic E-state index is 8.64. The lowest BCUT2D eigenvalue weighted by atomic mass is 10.2. The number of benzene rings is 1. The van der Waals surface area contributed by atoms with Crippen LogP contribution in [0.5, 0.6) is 0 Å². The molecule has 1 aromatic heterocycles.